The number of rotatable bonds is 10. The summed E-state index contributed by atoms with van der Waals surface area (Å²) in [4.78, 5) is 23.0. The quantitative estimate of drug-likeness (QED) is 0.299. The van der Waals surface area contributed by atoms with Crippen molar-refractivity contribution in [2.45, 2.75) is 26.8 Å². The van der Waals surface area contributed by atoms with E-state index in [2.05, 4.69) is 4.74 Å². The van der Waals surface area contributed by atoms with Crippen molar-refractivity contribution in [1.29, 1.82) is 0 Å². The van der Waals surface area contributed by atoms with E-state index in [0.29, 0.717) is 34.8 Å². The van der Waals surface area contributed by atoms with E-state index in [9.17, 15) is 27.9 Å². The molecule has 0 aromatic heterocycles. The van der Waals surface area contributed by atoms with Crippen LogP contribution >= 0.6 is 0 Å². The van der Waals surface area contributed by atoms with E-state index in [4.69, 9.17) is 23.7 Å². The number of aromatic hydroxyl groups is 1. The Balaban J connectivity index is 0.000000337. The van der Waals surface area contributed by atoms with Crippen molar-refractivity contribution < 1.29 is 56.3 Å². The summed E-state index contributed by atoms with van der Waals surface area (Å²) in [6.07, 6.45) is -4.73. The number of carbonyl (C=O) groups excluding carboxylic acids is 2. The van der Waals surface area contributed by atoms with Gasteiger partial charge in [-0.1, -0.05) is 12.1 Å². The van der Waals surface area contributed by atoms with E-state index in [1.54, 1.807) is 19.9 Å². The summed E-state index contributed by atoms with van der Waals surface area (Å²) in [6.45, 7) is 4.12. The van der Waals surface area contributed by atoms with Gasteiger partial charge in [-0.25, -0.2) is 9.59 Å². The Morgan fingerprint density at radius 2 is 1.27 bits per heavy atom. The SMILES string of the molecule is CCOC(=O)c1ccc(O)c(OC)c1.CCOC(=O)c1ccc(OCc2ccc(OC(F)(F)F)cc2)c(OC)c1. The smallest absolute Gasteiger partial charge is 0.504 e. The van der Waals surface area contributed by atoms with Gasteiger partial charge in [-0.05, 0) is 67.9 Å². The summed E-state index contributed by atoms with van der Waals surface area (Å²) in [6, 6.07) is 14.2. The Hall–Kier alpha value is -4.61. The van der Waals surface area contributed by atoms with Gasteiger partial charge >= 0.3 is 18.3 Å². The molecule has 3 aromatic rings. The molecule has 12 heteroatoms. The molecule has 40 heavy (non-hydrogen) atoms. The summed E-state index contributed by atoms with van der Waals surface area (Å²) in [5.41, 5.74) is 1.32. The summed E-state index contributed by atoms with van der Waals surface area (Å²) < 4.78 is 65.6. The number of hydrogen-bond donors (Lipinski definition) is 1. The Bertz CT molecular complexity index is 1260. The fourth-order valence-corrected chi connectivity index (χ4v) is 3.10. The predicted molar refractivity (Wildman–Crippen MR) is 137 cm³/mol. The molecule has 9 nitrogen and oxygen atoms in total. The predicted octanol–water partition coefficient (Wildman–Crippen LogP) is 5.93. The molecule has 0 saturated heterocycles. The van der Waals surface area contributed by atoms with Gasteiger partial charge in [0, 0.05) is 0 Å². The average Bonchev–Trinajstić information content (AvgIpc) is 2.92. The van der Waals surface area contributed by atoms with E-state index in [0.717, 1.165) is 0 Å². The van der Waals surface area contributed by atoms with Crippen LogP contribution in [0.5, 0.6) is 28.7 Å². The van der Waals surface area contributed by atoms with Crippen LogP contribution in [0, 0.1) is 0 Å². The van der Waals surface area contributed by atoms with Gasteiger partial charge in [-0.3, -0.25) is 0 Å². The first kappa shape index (κ1) is 31.6. The van der Waals surface area contributed by atoms with Crippen LogP contribution in [0.15, 0.2) is 60.7 Å². The number of benzene rings is 3. The lowest BCUT2D eigenvalue weighted by molar-refractivity contribution is -0.274. The minimum absolute atomic E-state index is 0.000508. The van der Waals surface area contributed by atoms with Crippen molar-refractivity contribution in [2.75, 3.05) is 27.4 Å². The maximum absolute atomic E-state index is 12.1. The van der Waals surface area contributed by atoms with Gasteiger partial charge in [0.15, 0.2) is 23.0 Å². The third kappa shape index (κ3) is 9.93. The van der Waals surface area contributed by atoms with Crippen molar-refractivity contribution in [1.82, 2.24) is 0 Å². The maximum atomic E-state index is 12.1. The van der Waals surface area contributed by atoms with Gasteiger partial charge in [0.1, 0.15) is 12.4 Å². The molecule has 0 bridgehead atoms. The third-order valence-electron chi connectivity index (χ3n) is 4.92. The van der Waals surface area contributed by atoms with E-state index >= 15 is 0 Å². The van der Waals surface area contributed by atoms with Crippen LogP contribution in [0.3, 0.4) is 0 Å². The second-order valence-electron chi connectivity index (χ2n) is 7.67. The van der Waals surface area contributed by atoms with Crippen LogP contribution in [0.4, 0.5) is 13.2 Å². The zero-order valence-electron chi connectivity index (χ0n) is 22.2. The van der Waals surface area contributed by atoms with Crippen LogP contribution in [0.25, 0.3) is 0 Å². The van der Waals surface area contributed by atoms with Crippen LogP contribution in [0.2, 0.25) is 0 Å². The number of hydrogen-bond acceptors (Lipinski definition) is 9. The molecule has 0 unspecified atom stereocenters. The fourth-order valence-electron chi connectivity index (χ4n) is 3.10. The van der Waals surface area contributed by atoms with Crippen molar-refractivity contribution in [2.24, 2.45) is 0 Å². The van der Waals surface area contributed by atoms with E-state index in [1.807, 2.05) is 0 Å². The second kappa shape index (κ2) is 15.1. The number of phenolic OH excluding ortho intramolecular Hbond substituents is 1. The summed E-state index contributed by atoms with van der Waals surface area (Å²) in [7, 11) is 2.85. The maximum Gasteiger partial charge on any atom is 0.573 e. The van der Waals surface area contributed by atoms with Gasteiger partial charge in [-0.15, -0.1) is 13.2 Å². The molecular formula is C28H29F3O9. The molecular weight excluding hydrogens is 537 g/mol. The lowest BCUT2D eigenvalue weighted by atomic mass is 10.2. The Morgan fingerprint density at radius 3 is 1.77 bits per heavy atom. The normalized spacial score (nSPS) is 10.5. The molecule has 0 radical (unpaired) electrons. The lowest BCUT2D eigenvalue weighted by Gasteiger charge is -2.13. The Labute approximate surface area is 228 Å². The van der Waals surface area contributed by atoms with Crippen LogP contribution in [0.1, 0.15) is 40.1 Å². The molecule has 1 N–H and O–H groups in total. The number of ether oxygens (including phenoxy) is 6. The third-order valence-corrected chi connectivity index (χ3v) is 4.92. The van der Waals surface area contributed by atoms with Gasteiger partial charge in [0.25, 0.3) is 0 Å². The van der Waals surface area contributed by atoms with E-state index < -0.39 is 18.3 Å². The first-order chi connectivity index (χ1) is 19.0. The molecule has 0 aliphatic heterocycles. The van der Waals surface area contributed by atoms with Gasteiger partial charge < -0.3 is 33.5 Å². The van der Waals surface area contributed by atoms with E-state index in [-0.39, 0.29) is 30.5 Å². The largest absolute Gasteiger partial charge is 0.573 e. The summed E-state index contributed by atoms with van der Waals surface area (Å²) >= 11 is 0. The number of phenols is 1. The molecule has 3 aromatic carbocycles. The van der Waals surface area contributed by atoms with Crippen LogP contribution in [-0.4, -0.2) is 50.8 Å². The molecule has 0 saturated carbocycles. The first-order valence-electron chi connectivity index (χ1n) is 11.9. The molecule has 0 spiro atoms. The minimum Gasteiger partial charge on any atom is -0.504 e. The zero-order valence-corrected chi connectivity index (χ0v) is 22.2. The van der Waals surface area contributed by atoms with Crippen LogP contribution in [-0.2, 0) is 16.1 Å². The van der Waals surface area contributed by atoms with Crippen molar-refractivity contribution >= 4 is 11.9 Å². The minimum atomic E-state index is -4.73. The number of halogens is 3. The van der Waals surface area contributed by atoms with Gasteiger partial charge in [-0.2, -0.15) is 0 Å². The topological polar surface area (TPSA) is 110 Å². The Kier molecular flexibility index (Phi) is 11.9. The zero-order chi connectivity index (χ0) is 29.7. The van der Waals surface area contributed by atoms with Crippen molar-refractivity contribution in [3.8, 4) is 28.7 Å². The number of carbonyl (C=O) groups is 2. The summed E-state index contributed by atoms with van der Waals surface area (Å²) in [5.74, 6) is -0.221. The first-order valence-corrected chi connectivity index (χ1v) is 11.9. The molecule has 0 fully saturated rings. The molecule has 216 valence electrons. The second-order valence-corrected chi connectivity index (χ2v) is 7.67. The van der Waals surface area contributed by atoms with Gasteiger partial charge in [0.2, 0.25) is 0 Å². The molecule has 0 amide bonds. The average molecular weight is 567 g/mol. The highest BCUT2D eigenvalue weighted by Gasteiger charge is 2.31. The molecule has 0 heterocycles. The van der Waals surface area contributed by atoms with Crippen molar-refractivity contribution in [3.63, 3.8) is 0 Å². The molecule has 3 rings (SSSR count). The monoisotopic (exact) mass is 566 g/mol. The molecule has 0 aliphatic carbocycles. The van der Waals surface area contributed by atoms with Crippen molar-refractivity contribution in [3.05, 3.63) is 77.4 Å². The summed E-state index contributed by atoms with van der Waals surface area (Å²) in [5, 5.41) is 9.27. The molecule has 0 aliphatic rings. The Morgan fingerprint density at radius 1 is 0.750 bits per heavy atom. The number of alkyl halides is 3. The molecule has 0 atom stereocenters. The lowest BCUT2D eigenvalue weighted by Crippen LogP contribution is -2.17. The highest BCUT2D eigenvalue weighted by Crippen LogP contribution is 2.30. The number of esters is 2. The highest BCUT2D eigenvalue weighted by molar-refractivity contribution is 5.90. The highest BCUT2D eigenvalue weighted by atomic mass is 19.4. The standard InChI is InChI=1S/C18H17F3O5.C10H12O4/c1-3-24-17(22)13-6-9-15(16(10-13)23-2)25-11-12-4-7-14(8-5-12)26-18(19,20)21;1-3-14-10(12)7-4-5-8(11)9(6-7)13-2/h4-10H,3,11H2,1-2H3;4-6,11H,3H2,1-2H3. The van der Waals surface area contributed by atoms with Crippen LogP contribution < -0.4 is 18.9 Å². The fraction of sp³-hybridized carbons (Fsp3) is 0.286. The van der Waals surface area contributed by atoms with Gasteiger partial charge in [0.05, 0.1) is 38.6 Å². The van der Waals surface area contributed by atoms with E-state index in [1.165, 1.54) is 68.8 Å². The number of methoxy groups -OCH3 is 2.